The molecule has 1 amide bonds. The summed E-state index contributed by atoms with van der Waals surface area (Å²) in [7, 11) is 0. The number of hydrogen-bond acceptors (Lipinski definition) is 4. The number of para-hydroxylation sites is 1. The van der Waals surface area contributed by atoms with E-state index in [1.807, 2.05) is 30.3 Å². The molecule has 1 N–H and O–H groups in total. The Morgan fingerprint density at radius 3 is 2.71 bits per heavy atom. The molecule has 3 heterocycles. The van der Waals surface area contributed by atoms with Gasteiger partial charge in [-0.1, -0.05) is 18.2 Å². The summed E-state index contributed by atoms with van der Waals surface area (Å²) in [5.41, 5.74) is 1.04. The lowest BCUT2D eigenvalue weighted by atomic mass is 9.81. The van der Waals surface area contributed by atoms with E-state index in [1.54, 1.807) is 11.1 Å². The summed E-state index contributed by atoms with van der Waals surface area (Å²) in [5.74, 6) is -0.908. The molecular weight excluding hydrogens is 306 g/mol. The molecule has 0 saturated carbocycles. The number of benzene rings is 1. The zero-order chi connectivity index (χ0) is 16.9. The van der Waals surface area contributed by atoms with Gasteiger partial charge in [0.15, 0.2) is 0 Å². The molecule has 0 unspecified atom stereocenters. The Morgan fingerprint density at radius 2 is 2.00 bits per heavy atom. The van der Waals surface area contributed by atoms with Crippen LogP contribution >= 0.6 is 0 Å². The van der Waals surface area contributed by atoms with Gasteiger partial charge < -0.3 is 14.9 Å². The van der Waals surface area contributed by atoms with E-state index in [9.17, 15) is 14.7 Å². The average Bonchev–Trinajstić information content (AvgIpc) is 3.09. The van der Waals surface area contributed by atoms with E-state index in [1.165, 1.54) is 6.92 Å². The standard InChI is InChI=1S/C18H19N3O3/c1-12(22)20-8-13-9-21(11-18(13,10-20)17(23)24)16-6-7-19-15-5-3-2-4-14(15)16/h2-7,13H,8-11H2,1H3,(H,23,24)/t13-,18-/m0/s1. The predicted molar refractivity (Wildman–Crippen MR) is 89.8 cm³/mol. The van der Waals surface area contributed by atoms with E-state index in [0.29, 0.717) is 26.2 Å². The number of carbonyl (C=O) groups is 2. The quantitative estimate of drug-likeness (QED) is 0.908. The van der Waals surface area contributed by atoms with Crippen LogP contribution in [0.4, 0.5) is 5.69 Å². The van der Waals surface area contributed by atoms with E-state index in [4.69, 9.17) is 0 Å². The summed E-state index contributed by atoms with van der Waals surface area (Å²) in [6.07, 6.45) is 1.76. The normalized spacial score (nSPS) is 26.0. The van der Waals surface area contributed by atoms with Gasteiger partial charge in [0, 0.05) is 56.3 Å². The van der Waals surface area contributed by atoms with E-state index >= 15 is 0 Å². The second kappa shape index (κ2) is 5.19. The number of rotatable bonds is 2. The minimum Gasteiger partial charge on any atom is -0.481 e. The first-order valence-corrected chi connectivity index (χ1v) is 8.09. The molecule has 24 heavy (non-hydrogen) atoms. The van der Waals surface area contributed by atoms with Gasteiger partial charge in [-0.3, -0.25) is 14.6 Å². The highest BCUT2D eigenvalue weighted by Crippen LogP contribution is 2.45. The zero-order valence-electron chi connectivity index (χ0n) is 13.5. The van der Waals surface area contributed by atoms with Crippen LogP contribution in [0, 0.1) is 11.3 Å². The highest BCUT2D eigenvalue weighted by atomic mass is 16.4. The van der Waals surface area contributed by atoms with Crippen LogP contribution in [0.1, 0.15) is 6.92 Å². The molecule has 0 aliphatic carbocycles. The fourth-order valence-electron chi connectivity index (χ4n) is 4.15. The Hall–Kier alpha value is -2.63. The number of carbonyl (C=O) groups excluding carboxylic acids is 1. The number of hydrogen-bond donors (Lipinski definition) is 1. The van der Waals surface area contributed by atoms with E-state index in [2.05, 4.69) is 9.88 Å². The lowest BCUT2D eigenvalue weighted by molar-refractivity contribution is -0.148. The maximum atomic E-state index is 12.0. The first-order chi connectivity index (χ1) is 11.5. The smallest absolute Gasteiger partial charge is 0.313 e. The van der Waals surface area contributed by atoms with Gasteiger partial charge in [0.1, 0.15) is 5.41 Å². The lowest BCUT2D eigenvalue weighted by Crippen LogP contribution is -2.41. The number of likely N-dealkylation sites (tertiary alicyclic amines) is 1. The minimum absolute atomic E-state index is 0.0501. The monoisotopic (exact) mass is 325 g/mol. The fourth-order valence-corrected chi connectivity index (χ4v) is 4.15. The van der Waals surface area contributed by atoms with Crippen LogP contribution in [0.15, 0.2) is 36.5 Å². The number of nitrogens with zero attached hydrogens (tertiary/aromatic N) is 3. The second-order valence-corrected chi connectivity index (χ2v) is 6.79. The summed E-state index contributed by atoms with van der Waals surface area (Å²) in [6.45, 7) is 3.38. The Balaban J connectivity index is 1.71. The van der Waals surface area contributed by atoms with Crippen LogP contribution in [0.5, 0.6) is 0 Å². The first kappa shape index (κ1) is 14.9. The van der Waals surface area contributed by atoms with Crippen molar-refractivity contribution in [3.05, 3.63) is 36.5 Å². The van der Waals surface area contributed by atoms with Crippen LogP contribution in [0.3, 0.4) is 0 Å². The highest BCUT2D eigenvalue weighted by Gasteiger charge is 2.58. The lowest BCUT2D eigenvalue weighted by Gasteiger charge is -2.26. The van der Waals surface area contributed by atoms with Crippen molar-refractivity contribution in [2.24, 2.45) is 11.3 Å². The van der Waals surface area contributed by atoms with Crippen LogP contribution in [-0.4, -0.2) is 53.0 Å². The number of fused-ring (bicyclic) bond motifs is 2. The van der Waals surface area contributed by atoms with Crippen LogP contribution < -0.4 is 4.90 Å². The van der Waals surface area contributed by atoms with Crippen molar-refractivity contribution in [2.75, 3.05) is 31.1 Å². The Labute approximate surface area is 139 Å². The van der Waals surface area contributed by atoms with Gasteiger partial charge in [0.05, 0.1) is 5.52 Å². The molecule has 4 rings (SSSR count). The molecule has 0 radical (unpaired) electrons. The Kier molecular flexibility index (Phi) is 3.23. The molecular formula is C18H19N3O3. The Morgan fingerprint density at radius 1 is 1.21 bits per heavy atom. The van der Waals surface area contributed by atoms with E-state index < -0.39 is 11.4 Å². The topological polar surface area (TPSA) is 73.7 Å². The van der Waals surface area contributed by atoms with Gasteiger partial charge in [-0.2, -0.15) is 0 Å². The summed E-state index contributed by atoms with van der Waals surface area (Å²) in [6, 6.07) is 9.83. The van der Waals surface area contributed by atoms with Gasteiger partial charge in [0.25, 0.3) is 0 Å². The van der Waals surface area contributed by atoms with Crippen molar-refractivity contribution in [2.45, 2.75) is 6.92 Å². The molecule has 2 atom stereocenters. The van der Waals surface area contributed by atoms with E-state index in [-0.39, 0.29) is 11.8 Å². The average molecular weight is 325 g/mol. The largest absolute Gasteiger partial charge is 0.481 e. The third kappa shape index (κ3) is 2.06. The number of aliphatic carboxylic acids is 1. The number of carboxylic acids is 1. The maximum Gasteiger partial charge on any atom is 0.313 e. The molecule has 0 bridgehead atoms. The molecule has 2 aliphatic rings. The fraction of sp³-hybridized carbons (Fsp3) is 0.389. The number of amides is 1. The van der Waals surface area contributed by atoms with Gasteiger partial charge >= 0.3 is 5.97 Å². The third-order valence-electron chi connectivity index (χ3n) is 5.45. The van der Waals surface area contributed by atoms with Gasteiger partial charge in [-0.05, 0) is 12.1 Å². The predicted octanol–water partition coefficient (Wildman–Crippen LogP) is 1.60. The molecule has 6 nitrogen and oxygen atoms in total. The van der Waals surface area contributed by atoms with Crippen molar-refractivity contribution >= 4 is 28.5 Å². The van der Waals surface area contributed by atoms with Crippen molar-refractivity contribution in [3.8, 4) is 0 Å². The molecule has 2 aliphatic heterocycles. The molecule has 2 fully saturated rings. The van der Waals surface area contributed by atoms with Crippen molar-refractivity contribution in [1.82, 2.24) is 9.88 Å². The number of carboxylic acid groups (broad SMARTS) is 1. The Bertz CT molecular complexity index is 832. The van der Waals surface area contributed by atoms with Crippen molar-refractivity contribution in [1.29, 1.82) is 0 Å². The SMILES string of the molecule is CC(=O)N1C[C@H]2CN(c3ccnc4ccccc34)C[C@@]2(C(=O)O)C1. The molecule has 2 saturated heterocycles. The van der Waals surface area contributed by atoms with Crippen LogP contribution in [0.2, 0.25) is 0 Å². The highest BCUT2D eigenvalue weighted by molar-refractivity contribution is 5.92. The minimum atomic E-state index is -0.879. The van der Waals surface area contributed by atoms with Crippen LogP contribution in [-0.2, 0) is 9.59 Å². The zero-order valence-corrected chi connectivity index (χ0v) is 13.5. The van der Waals surface area contributed by atoms with E-state index in [0.717, 1.165) is 16.6 Å². The van der Waals surface area contributed by atoms with Gasteiger partial charge in [0.2, 0.25) is 5.91 Å². The molecule has 0 spiro atoms. The number of anilines is 1. The second-order valence-electron chi connectivity index (χ2n) is 6.79. The summed E-state index contributed by atoms with van der Waals surface area (Å²) in [5, 5.41) is 10.9. The summed E-state index contributed by atoms with van der Waals surface area (Å²) < 4.78 is 0. The summed E-state index contributed by atoms with van der Waals surface area (Å²) >= 11 is 0. The molecule has 6 heteroatoms. The maximum absolute atomic E-state index is 12.0. The van der Waals surface area contributed by atoms with Crippen LogP contribution in [0.25, 0.3) is 10.9 Å². The van der Waals surface area contributed by atoms with Crippen molar-refractivity contribution in [3.63, 3.8) is 0 Å². The van der Waals surface area contributed by atoms with Crippen molar-refractivity contribution < 1.29 is 14.7 Å². The molecule has 1 aromatic heterocycles. The molecule has 124 valence electrons. The van der Waals surface area contributed by atoms with Gasteiger partial charge in [-0.15, -0.1) is 0 Å². The first-order valence-electron chi connectivity index (χ1n) is 8.09. The third-order valence-corrected chi connectivity index (χ3v) is 5.45. The molecule has 2 aromatic rings. The number of aromatic nitrogens is 1. The molecule has 1 aromatic carbocycles. The number of pyridine rings is 1. The summed E-state index contributed by atoms with van der Waals surface area (Å²) in [4.78, 5) is 31.9. The van der Waals surface area contributed by atoms with Gasteiger partial charge in [-0.25, -0.2) is 0 Å².